The molecule has 1 N–H and O–H groups in total. The monoisotopic (exact) mass is 380 g/mol. The molecule has 0 amide bonds. The Morgan fingerprint density at radius 3 is 2.82 bits per heavy atom. The third kappa shape index (κ3) is 4.12. The van der Waals surface area contributed by atoms with Crippen LogP contribution in [0.4, 0.5) is 4.39 Å². The average molecular weight is 380 g/mol. The van der Waals surface area contributed by atoms with Crippen LogP contribution in [0.25, 0.3) is 0 Å². The first-order chi connectivity index (χ1) is 13.6. The summed E-state index contributed by atoms with van der Waals surface area (Å²) in [6.07, 6.45) is 4.30. The van der Waals surface area contributed by atoms with Gasteiger partial charge in [0.15, 0.2) is 0 Å². The zero-order valence-electron chi connectivity index (χ0n) is 15.3. The standard InChI is InChI=1S/C22H21FN2O3/c23-18-8-6-15(7-9-18)12-19-13-24-21(28-19)20-5-2-10-25(20)14-16-3-1-4-17(11-16)22(26)27/h1,3-4,6-9,11,13,20H,2,5,10,12,14H2,(H,26,27). The quantitative estimate of drug-likeness (QED) is 0.685. The molecule has 4 rings (SSSR count). The molecule has 0 spiro atoms. The van der Waals surface area contributed by atoms with Crippen LogP contribution in [0.1, 0.15) is 52.0 Å². The number of likely N-dealkylation sites (tertiary alicyclic amines) is 1. The van der Waals surface area contributed by atoms with Crippen molar-refractivity contribution in [1.82, 2.24) is 9.88 Å². The average Bonchev–Trinajstić information content (AvgIpc) is 3.33. The van der Waals surface area contributed by atoms with Gasteiger partial charge in [0.25, 0.3) is 0 Å². The Morgan fingerprint density at radius 2 is 2.04 bits per heavy atom. The molecule has 0 saturated carbocycles. The zero-order chi connectivity index (χ0) is 19.5. The number of hydrogen-bond acceptors (Lipinski definition) is 4. The van der Waals surface area contributed by atoms with Crippen molar-refractivity contribution < 1.29 is 18.7 Å². The van der Waals surface area contributed by atoms with Crippen molar-refractivity contribution in [3.63, 3.8) is 0 Å². The molecule has 6 heteroatoms. The molecule has 1 aliphatic heterocycles. The molecule has 0 bridgehead atoms. The molecule has 1 aromatic heterocycles. The molecule has 0 radical (unpaired) electrons. The number of oxazole rings is 1. The predicted molar refractivity (Wildman–Crippen MR) is 101 cm³/mol. The lowest BCUT2D eigenvalue weighted by Gasteiger charge is -2.22. The van der Waals surface area contributed by atoms with Crippen LogP contribution in [-0.4, -0.2) is 27.5 Å². The molecule has 2 aromatic carbocycles. The van der Waals surface area contributed by atoms with Crippen molar-refractivity contribution in [2.24, 2.45) is 0 Å². The number of aromatic nitrogens is 1. The summed E-state index contributed by atoms with van der Waals surface area (Å²) in [7, 11) is 0. The molecule has 28 heavy (non-hydrogen) atoms. The summed E-state index contributed by atoms with van der Waals surface area (Å²) in [5.74, 6) is 0.263. The molecular weight excluding hydrogens is 359 g/mol. The van der Waals surface area contributed by atoms with E-state index in [0.717, 1.165) is 36.3 Å². The molecule has 1 atom stereocenters. The van der Waals surface area contributed by atoms with Gasteiger partial charge < -0.3 is 9.52 Å². The maximum atomic E-state index is 13.1. The predicted octanol–water partition coefficient (Wildman–Crippen LogP) is 4.44. The van der Waals surface area contributed by atoms with Crippen LogP contribution in [0.5, 0.6) is 0 Å². The number of carbonyl (C=O) groups is 1. The van der Waals surface area contributed by atoms with E-state index in [9.17, 15) is 14.3 Å². The maximum Gasteiger partial charge on any atom is 0.335 e. The van der Waals surface area contributed by atoms with E-state index in [1.54, 1.807) is 36.5 Å². The molecule has 1 fully saturated rings. The summed E-state index contributed by atoms with van der Waals surface area (Å²) in [5.41, 5.74) is 2.23. The van der Waals surface area contributed by atoms with E-state index in [1.165, 1.54) is 12.1 Å². The summed E-state index contributed by atoms with van der Waals surface area (Å²) >= 11 is 0. The Labute approximate surface area is 162 Å². The van der Waals surface area contributed by atoms with E-state index in [1.807, 2.05) is 6.07 Å². The molecular formula is C22H21FN2O3. The van der Waals surface area contributed by atoms with E-state index in [0.29, 0.717) is 24.4 Å². The number of halogens is 1. The van der Waals surface area contributed by atoms with Crippen LogP contribution in [0.2, 0.25) is 0 Å². The molecule has 1 unspecified atom stereocenters. The fraction of sp³-hybridized carbons (Fsp3) is 0.273. The minimum atomic E-state index is -0.919. The first-order valence-electron chi connectivity index (χ1n) is 9.34. The highest BCUT2D eigenvalue weighted by Crippen LogP contribution is 2.33. The fourth-order valence-electron chi connectivity index (χ4n) is 3.69. The van der Waals surface area contributed by atoms with Gasteiger partial charge in [-0.25, -0.2) is 14.2 Å². The Balaban J connectivity index is 1.46. The highest BCUT2D eigenvalue weighted by atomic mass is 19.1. The number of nitrogens with zero attached hydrogens (tertiary/aromatic N) is 2. The Morgan fingerprint density at radius 1 is 1.21 bits per heavy atom. The topological polar surface area (TPSA) is 66.6 Å². The second kappa shape index (κ2) is 7.94. The maximum absolute atomic E-state index is 13.1. The van der Waals surface area contributed by atoms with Crippen LogP contribution in [-0.2, 0) is 13.0 Å². The number of rotatable bonds is 6. The number of benzene rings is 2. The van der Waals surface area contributed by atoms with Crippen molar-refractivity contribution in [3.8, 4) is 0 Å². The van der Waals surface area contributed by atoms with Crippen LogP contribution < -0.4 is 0 Å². The third-order valence-electron chi connectivity index (χ3n) is 5.07. The van der Waals surface area contributed by atoms with Gasteiger partial charge in [-0.1, -0.05) is 24.3 Å². The zero-order valence-corrected chi connectivity index (χ0v) is 15.3. The van der Waals surface area contributed by atoms with Gasteiger partial charge in [0.2, 0.25) is 5.89 Å². The van der Waals surface area contributed by atoms with Crippen molar-refractivity contribution in [1.29, 1.82) is 0 Å². The number of aromatic carboxylic acids is 1. The summed E-state index contributed by atoms with van der Waals surface area (Å²) in [4.78, 5) is 17.9. The van der Waals surface area contributed by atoms with Crippen LogP contribution in [0.3, 0.4) is 0 Å². The van der Waals surface area contributed by atoms with Gasteiger partial charge in [0, 0.05) is 13.0 Å². The van der Waals surface area contributed by atoms with Gasteiger partial charge in [0.1, 0.15) is 11.6 Å². The van der Waals surface area contributed by atoms with E-state index in [-0.39, 0.29) is 11.9 Å². The number of carboxylic acids is 1. The van der Waals surface area contributed by atoms with Gasteiger partial charge in [-0.2, -0.15) is 0 Å². The second-order valence-corrected chi connectivity index (χ2v) is 7.10. The molecule has 0 aliphatic carbocycles. The molecule has 144 valence electrons. The third-order valence-corrected chi connectivity index (χ3v) is 5.07. The lowest BCUT2D eigenvalue weighted by molar-refractivity contribution is 0.0696. The molecule has 3 aromatic rings. The second-order valence-electron chi connectivity index (χ2n) is 7.10. The fourth-order valence-corrected chi connectivity index (χ4v) is 3.69. The summed E-state index contributed by atoms with van der Waals surface area (Å²) < 4.78 is 19.0. The summed E-state index contributed by atoms with van der Waals surface area (Å²) in [5, 5.41) is 9.18. The minimum absolute atomic E-state index is 0.0791. The lowest BCUT2D eigenvalue weighted by Crippen LogP contribution is -2.23. The highest BCUT2D eigenvalue weighted by molar-refractivity contribution is 5.87. The number of hydrogen-bond donors (Lipinski definition) is 1. The van der Waals surface area contributed by atoms with Gasteiger partial charge in [-0.3, -0.25) is 4.90 Å². The molecule has 2 heterocycles. The number of carboxylic acid groups (broad SMARTS) is 1. The molecule has 1 saturated heterocycles. The summed E-state index contributed by atoms with van der Waals surface area (Å²) in [6, 6.07) is 13.5. The SMILES string of the molecule is O=C(O)c1cccc(CN2CCCC2c2ncc(Cc3ccc(F)cc3)o2)c1. The van der Waals surface area contributed by atoms with E-state index in [4.69, 9.17) is 4.42 Å². The first kappa shape index (κ1) is 18.4. The normalized spacial score (nSPS) is 17.1. The first-order valence-corrected chi connectivity index (χ1v) is 9.34. The van der Waals surface area contributed by atoms with E-state index in [2.05, 4.69) is 9.88 Å². The summed E-state index contributed by atoms with van der Waals surface area (Å²) in [6.45, 7) is 1.57. The van der Waals surface area contributed by atoms with Crippen molar-refractivity contribution in [3.05, 3.63) is 88.9 Å². The van der Waals surface area contributed by atoms with Gasteiger partial charge in [-0.15, -0.1) is 0 Å². The van der Waals surface area contributed by atoms with Crippen molar-refractivity contribution in [2.45, 2.75) is 31.8 Å². The van der Waals surface area contributed by atoms with Crippen LogP contribution in [0.15, 0.2) is 59.1 Å². The van der Waals surface area contributed by atoms with Crippen molar-refractivity contribution >= 4 is 5.97 Å². The van der Waals surface area contributed by atoms with E-state index < -0.39 is 5.97 Å². The Hall–Kier alpha value is -2.99. The van der Waals surface area contributed by atoms with Crippen molar-refractivity contribution in [2.75, 3.05) is 6.54 Å². The van der Waals surface area contributed by atoms with Gasteiger partial charge >= 0.3 is 5.97 Å². The molecule has 5 nitrogen and oxygen atoms in total. The minimum Gasteiger partial charge on any atom is -0.478 e. The van der Waals surface area contributed by atoms with Crippen LogP contribution in [0, 0.1) is 5.82 Å². The largest absolute Gasteiger partial charge is 0.478 e. The smallest absolute Gasteiger partial charge is 0.335 e. The van der Waals surface area contributed by atoms with Gasteiger partial charge in [0.05, 0.1) is 17.8 Å². The van der Waals surface area contributed by atoms with E-state index >= 15 is 0 Å². The lowest BCUT2D eigenvalue weighted by atomic mass is 10.1. The van der Waals surface area contributed by atoms with Crippen LogP contribution >= 0.6 is 0 Å². The highest BCUT2D eigenvalue weighted by Gasteiger charge is 2.30. The van der Waals surface area contributed by atoms with Gasteiger partial charge in [-0.05, 0) is 54.8 Å². The molecule has 1 aliphatic rings. The Kier molecular flexibility index (Phi) is 5.21. The Bertz CT molecular complexity index is 968.